The predicted molar refractivity (Wildman–Crippen MR) is 112 cm³/mol. The molecule has 29 heavy (non-hydrogen) atoms. The summed E-state index contributed by atoms with van der Waals surface area (Å²) in [5.41, 5.74) is 2.08. The van der Waals surface area contributed by atoms with E-state index in [0.717, 1.165) is 16.6 Å². The van der Waals surface area contributed by atoms with E-state index in [0.29, 0.717) is 28.2 Å². The largest absolute Gasteiger partial charge is 0.497 e. The van der Waals surface area contributed by atoms with Crippen LogP contribution in [-0.4, -0.2) is 45.5 Å². The summed E-state index contributed by atoms with van der Waals surface area (Å²) < 4.78 is 12.2. The highest BCUT2D eigenvalue weighted by Crippen LogP contribution is 2.29. The molecule has 2 heterocycles. The third-order valence-corrected chi connectivity index (χ3v) is 5.20. The number of hydrogen-bond acceptors (Lipinski definition) is 7. The van der Waals surface area contributed by atoms with Crippen LogP contribution in [0.4, 0.5) is 5.69 Å². The van der Waals surface area contributed by atoms with Gasteiger partial charge in [-0.15, -0.1) is 5.10 Å². The number of methoxy groups -OCH3 is 2. The number of carbonyl (C=O) groups is 1. The molecule has 1 amide bonds. The van der Waals surface area contributed by atoms with E-state index in [9.17, 15) is 4.79 Å². The van der Waals surface area contributed by atoms with Crippen LogP contribution in [-0.2, 0) is 4.79 Å². The molecule has 4 aromatic rings. The first-order valence-electron chi connectivity index (χ1n) is 8.86. The summed E-state index contributed by atoms with van der Waals surface area (Å²) in [6, 6.07) is 13.0. The lowest BCUT2D eigenvalue weighted by atomic mass is 10.2. The molecule has 0 spiro atoms. The van der Waals surface area contributed by atoms with Gasteiger partial charge >= 0.3 is 0 Å². The lowest BCUT2D eigenvalue weighted by molar-refractivity contribution is -0.113. The van der Waals surface area contributed by atoms with E-state index < -0.39 is 0 Å². The van der Waals surface area contributed by atoms with E-state index in [4.69, 9.17) is 9.47 Å². The minimum absolute atomic E-state index is 0.152. The van der Waals surface area contributed by atoms with Crippen molar-refractivity contribution in [1.29, 1.82) is 0 Å². The Kier molecular flexibility index (Phi) is 5.22. The van der Waals surface area contributed by atoms with E-state index in [1.807, 2.05) is 31.2 Å². The van der Waals surface area contributed by atoms with Gasteiger partial charge in [0.05, 0.1) is 31.2 Å². The number of hydrogen-bond donors (Lipinski definition) is 1. The maximum Gasteiger partial charge on any atom is 0.234 e. The van der Waals surface area contributed by atoms with E-state index >= 15 is 0 Å². The SMILES string of the molecule is COc1ccc(OC)c(NC(=O)CSc2nc3ccccc3c3nc(C)nn23)c1. The number of anilines is 1. The summed E-state index contributed by atoms with van der Waals surface area (Å²) in [7, 11) is 3.12. The maximum atomic E-state index is 12.6. The van der Waals surface area contributed by atoms with Crippen LogP contribution in [0.2, 0.25) is 0 Å². The van der Waals surface area contributed by atoms with Gasteiger partial charge in [-0.2, -0.15) is 4.52 Å². The summed E-state index contributed by atoms with van der Waals surface area (Å²) in [5, 5.41) is 8.81. The molecule has 0 saturated heterocycles. The fourth-order valence-electron chi connectivity index (χ4n) is 2.95. The second-order valence-corrected chi connectivity index (χ2v) is 7.15. The van der Waals surface area contributed by atoms with Gasteiger partial charge in [0.15, 0.2) is 10.8 Å². The molecule has 0 aliphatic carbocycles. The average Bonchev–Trinajstić information content (AvgIpc) is 3.13. The molecule has 4 rings (SSSR count). The second kappa shape index (κ2) is 7.96. The zero-order chi connectivity index (χ0) is 20.4. The molecule has 0 bridgehead atoms. The van der Waals surface area contributed by atoms with Gasteiger partial charge in [0.1, 0.15) is 17.3 Å². The summed E-state index contributed by atoms with van der Waals surface area (Å²) in [6.45, 7) is 1.83. The third kappa shape index (κ3) is 3.81. The number of aryl methyl sites for hydroxylation is 1. The Morgan fingerprint density at radius 3 is 2.76 bits per heavy atom. The van der Waals surface area contributed by atoms with Crippen LogP contribution in [0.15, 0.2) is 47.6 Å². The van der Waals surface area contributed by atoms with Gasteiger partial charge in [-0.3, -0.25) is 4.79 Å². The Labute approximate surface area is 171 Å². The van der Waals surface area contributed by atoms with Crippen molar-refractivity contribution < 1.29 is 14.3 Å². The van der Waals surface area contributed by atoms with Gasteiger partial charge in [0, 0.05) is 11.5 Å². The van der Waals surface area contributed by atoms with Crippen molar-refractivity contribution >= 4 is 39.9 Å². The van der Waals surface area contributed by atoms with Gasteiger partial charge in [0.25, 0.3) is 0 Å². The molecule has 1 N–H and O–H groups in total. The van der Waals surface area contributed by atoms with Crippen LogP contribution >= 0.6 is 11.8 Å². The molecular weight excluding hydrogens is 390 g/mol. The van der Waals surface area contributed by atoms with Gasteiger partial charge in [0.2, 0.25) is 5.91 Å². The van der Waals surface area contributed by atoms with Crippen molar-refractivity contribution in [2.45, 2.75) is 12.1 Å². The zero-order valence-electron chi connectivity index (χ0n) is 16.2. The number of carbonyl (C=O) groups excluding carboxylic acids is 1. The molecule has 0 aliphatic rings. The van der Waals surface area contributed by atoms with Gasteiger partial charge < -0.3 is 14.8 Å². The smallest absolute Gasteiger partial charge is 0.234 e. The van der Waals surface area contributed by atoms with Gasteiger partial charge in [-0.25, -0.2) is 9.97 Å². The molecule has 8 nitrogen and oxygen atoms in total. The number of benzene rings is 2. The van der Waals surface area contributed by atoms with Crippen molar-refractivity contribution in [3.05, 3.63) is 48.3 Å². The molecule has 0 aliphatic heterocycles. The third-order valence-electron chi connectivity index (χ3n) is 4.27. The molecular formula is C20H19N5O3S. The summed E-state index contributed by atoms with van der Waals surface area (Å²) in [6.07, 6.45) is 0. The fraction of sp³-hybridized carbons (Fsp3) is 0.200. The number of thioether (sulfide) groups is 1. The molecule has 9 heteroatoms. The molecule has 0 unspecified atom stereocenters. The molecule has 148 valence electrons. The molecule has 0 atom stereocenters. The van der Waals surface area contributed by atoms with Crippen LogP contribution in [0.25, 0.3) is 16.6 Å². The Bertz CT molecular complexity index is 1210. The topological polar surface area (TPSA) is 90.6 Å². The molecule has 0 fully saturated rings. The quantitative estimate of drug-likeness (QED) is 0.386. The minimum Gasteiger partial charge on any atom is -0.497 e. The van der Waals surface area contributed by atoms with Gasteiger partial charge in [-0.05, 0) is 31.2 Å². The van der Waals surface area contributed by atoms with E-state index in [1.165, 1.54) is 11.8 Å². The Hall–Kier alpha value is -3.33. The van der Waals surface area contributed by atoms with Crippen molar-refractivity contribution in [3.63, 3.8) is 0 Å². The monoisotopic (exact) mass is 409 g/mol. The summed E-state index contributed by atoms with van der Waals surface area (Å²) in [5.74, 6) is 1.80. The van der Waals surface area contributed by atoms with E-state index in [-0.39, 0.29) is 11.7 Å². The lowest BCUT2D eigenvalue weighted by Crippen LogP contribution is -2.15. The zero-order valence-corrected chi connectivity index (χ0v) is 17.0. The van der Waals surface area contributed by atoms with Crippen LogP contribution in [0.3, 0.4) is 0 Å². The van der Waals surface area contributed by atoms with Crippen molar-refractivity contribution in [3.8, 4) is 11.5 Å². The van der Waals surface area contributed by atoms with Crippen molar-refractivity contribution in [2.75, 3.05) is 25.3 Å². The highest BCUT2D eigenvalue weighted by atomic mass is 32.2. The number of rotatable bonds is 6. The Morgan fingerprint density at radius 1 is 1.14 bits per heavy atom. The minimum atomic E-state index is -0.193. The number of aromatic nitrogens is 4. The lowest BCUT2D eigenvalue weighted by Gasteiger charge is -2.12. The highest BCUT2D eigenvalue weighted by molar-refractivity contribution is 7.99. The molecule has 0 radical (unpaired) electrons. The summed E-state index contributed by atoms with van der Waals surface area (Å²) >= 11 is 1.29. The normalized spacial score (nSPS) is 11.0. The van der Waals surface area contributed by atoms with Crippen molar-refractivity contribution in [2.24, 2.45) is 0 Å². The number of amides is 1. The number of nitrogens with one attached hydrogen (secondary N) is 1. The van der Waals surface area contributed by atoms with E-state index in [2.05, 4.69) is 20.4 Å². The summed E-state index contributed by atoms with van der Waals surface area (Å²) in [4.78, 5) is 21.7. The molecule has 2 aromatic carbocycles. The maximum absolute atomic E-state index is 12.6. The van der Waals surface area contributed by atoms with Gasteiger partial charge in [-0.1, -0.05) is 23.9 Å². The first-order chi connectivity index (χ1) is 14.1. The standard InChI is InChI=1S/C20H19N5O3S/c1-12-21-19-14-6-4-5-7-15(14)23-20(25(19)24-12)29-11-18(26)22-16-10-13(27-2)8-9-17(16)28-3/h4-10H,11H2,1-3H3,(H,22,26). The van der Waals surface area contributed by atoms with Crippen LogP contribution < -0.4 is 14.8 Å². The van der Waals surface area contributed by atoms with E-state index in [1.54, 1.807) is 36.9 Å². The van der Waals surface area contributed by atoms with Crippen LogP contribution in [0.5, 0.6) is 11.5 Å². The number of para-hydroxylation sites is 1. The first-order valence-corrected chi connectivity index (χ1v) is 9.84. The van der Waals surface area contributed by atoms with Crippen molar-refractivity contribution in [1.82, 2.24) is 19.6 Å². The number of ether oxygens (including phenoxy) is 2. The predicted octanol–water partition coefficient (Wildman–Crippen LogP) is 3.33. The second-order valence-electron chi connectivity index (χ2n) is 6.21. The number of fused-ring (bicyclic) bond motifs is 3. The van der Waals surface area contributed by atoms with Crippen LogP contribution in [0.1, 0.15) is 5.82 Å². The average molecular weight is 409 g/mol. The molecule has 0 saturated carbocycles. The molecule has 2 aromatic heterocycles. The first kappa shape index (κ1) is 19.0. The Morgan fingerprint density at radius 2 is 1.97 bits per heavy atom. The van der Waals surface area contributed by atoms with Crippen LogP contribution in [0, 0.1) is 6.92 Å². The number of nitrogens with zero attached hydrogens (tertiary/aromatic N) is 4. The Balaban J connectivity index is 1.57. The highest BCUT2D eigenvalue weighted by Gasteiger charge is 2.15. The fourth-order valence-corrected chi connectivity index (χ4v) is 3.70.